The normalized spacial score (nSPS) is 11.0. The summed E-state index contributed by atoms with van der Waals surface area (Å²) in [6, 6.07) is 20.3. The van der Waals surface area contributed by atoms with Gasteiger partial charge in [-0.05, 0) is 71.6 Å². The first-order chi connectivity index (χ1) is 13.6. The van der Waals surface area contributed by atoms with Crippen molar-refractivity contribution >= 4 is 27.8 Å². The van der Waals surface area contributed by atoms with E-state index >= 15 is 0 Å². The summed E-state index contributed by atoms with van der Waals surface area (Å²) in [4.78, 5) is 4.64. The maximum atomic E-state index is 6.04. The van der Waals surface area contributed by atoms with Gasteiger partial charge in [0.2, 0.25) is 0 Å². The average Bonchev–Trinajstić information content (AvgIpc) is 2.68. The van der Waals surface area contributed by atoms with Crippen molar-refractivity contribution in [3.63, 3.8) is 0 Å². The zero-order valence-corrected chi connectivity index (χ0v) is 18.0. The molecule has 0 fully saturated rings. The molecular formula is C24H24BrNO2. The van der Waals surface area contributed by atoms with Crippen LogP contribution in [0.3, 0.4) is 0 Å². The Bertz CT molecular complexity index is 968. The standard InChI is InChI=1S/C24H24BrNO2/c1-4-27-23-14-20(15-26-22-11-10-17(2)12-18(22)3)13-21(25)24(23)28-16-19-8-6-5-7-9-19/h5-15H,4,16H2,1-3H3. The Hall–Kier alpha value is -2.59. The number of hydrogen-bond acceptors (Lipinski definition) is 3. The molecule has 0 aliphatic heterocycles. The van der Waals surface area contributed by atoms with Gasteiger partial charge < -0.3 is 9.47 Å². The highest BCUT2D eigenvalue weighted by molar-refractivity contribution is 9.10. The van der Waals surface area contributed by atoms with Crippen LogP contribution in [0, 0.1) is 13.8 Å². The lowest BCUT2D eigenvalue weighted by Crippen LogP contribution is -2.01. The summed E-state index contributed by atoms with van der Waals surface area (Å²) >= 11 is 3.63. The first-order valence-corrected chi connectivity index (χ1v) is 10.1. The monoisotopic (exact) mass is 437 g/mol. The van der Waals surface area contributed by atoms with E-state index in [2.05, 4.69) is 46.9 Å². The minimum Gasteiger partial charge on any atom is -0.490 e. The second kappa shape index (κ2) is 9.56. The van der Waals surface area contributed by atoms with E-state index < -0.39 is 0 Å². The van der Waals surface area contributed by atoms with E-state index in [1.165, 1.54) is 5.56 Å². The Labute approximate surface area is 175 Å². The molecule has 0 saturated heterocycles. The van der Waals surface area contributed by atoms with Gasteiger partial charge in [-0.2, -0.15) is 0 Å². The molecule has 144 valence electrons. The number of hydrogen-bond donors (Lipinski definition) is 0. The largest absolute Gasteiger partial charge is 0.490 e. The third-order valence-electron chi connectivity index (χ3n) is 4.26. The van der Waals surface area contributed by atoms with Gasteiger partial charge in [0.1, 0.15) is 6.61 Å². The van der Waals surface area contributed by atoms with Crippen LogP contribution in [0.2, 0.25) is 0 Å². The van der Waals surface area contributed by atoms with Gasteiger partial charge in [-0.15, -0.1) is 0 Å². The fourth-order valence-electron chi connectivity index (χ4n) is 2.89. The molecule has 0 N–H and O–H groups in total. The number of aryl methyl sites for hydroxylation is 2. The molecule has 0 bridgehead atoms. The predicted molar refractivity (Wildman–Crippen MR) is 119 cm³/mol. The fourth-order valence-corrected chi connectivity index (χ4v) is 3.46. The highest BCUT2D eigenvalue weighted by Gasteiger charge is 2.12. The summed E-state index contributed by atoms with van der Waals surface area (Å²) in [5.74, 6) is 1.41. The van der Waals surface area contributed by atoms with Gasteiger partial charge in [0.25, 0.3) is 0 Å². The smallest absolute Gasteiger partial charge is 0.175 e. The number of halogens is 1. The molecule has 0 unspecified atom stereocenters. The van der Waals surface area contributed by atoms with Gasteiger partial charge in [0.15, 0.2) is 11.5 Å². The van der Waals surface area contributed by atoms with Gasteiger partial charge >= 0.3 is 0 Å². The lowest BCUT2D eigenvalue weighted by molar-refractivity contribution is 0.267. The van der Waals surface area contributed by atoms with E-state index in [9.17, 15) is 0 Å². The van der Waals surface area contributed by atoms with Gasteiger partial charge in [-0.3, -0.25) is 4.99 Å². The van der Waals surface area contributed by atoms with Crippen LogP contribution < -0.4 is 9.47 Å². The number of nitrogens with zero attached hydrogens (tertiary/aromatic N) is 1. The second-order valence-electron chi connectivity index (χ2n) is 6.59. The Balaban J connectivity index is 1.84. The lowest BCUT2D eigenvalue weighted by atomic mass is 10.1. The first-order valence-electron chi connectivity index (χ1n) is 9.31. The van der Waals surface area contributed by atoms with Crippen molar-refractivity contribution in [3.8, 4) is 11.5 Å². The molecule has 0 radical (unpaired) electrons. The van der Waals surface area contributed by atoms with Crippen molar-refractivity contribution in [1.82, 2.24) is 0 Å². The van der Waals surface area contributed by atoms with Crippen LogP contribution in [0.25, 0.3) is 0 Å². The van der Waals surface area contributed by atoms with Gasteiger partial charge in [-0.25, -0.2) is 0 Å². The van der Waals surface area contributed by atoms with Crippen LogP contribution in [0.4, 0.5) is 5.69 Å². The summed E-state index contributed by atoms with van der Waals surface area (Å²) in [5, 5.41) is 0. The summed E-state index contributed by atoms with van der Waals surface area (Å²) in [6.45, 7) is 7.16. The number of aliphatic imine (C=N–C) groups is 1. The minimum atomic E-state index is 0.482. The lowest BCUT2D eigenvalue weighted by Gasteiger charge is -2.14. The van der Waals surface area contributed by atoms with Crippen molar-refractivity contribution in [2.45, 2.75) is 27.4 Å². The molecular weight excluding hydrogens is 414 g/mol. The van der Waals surface area contributed by atoms with E-state index in [0.717, 1.165) is 26.9 Å². The van der Waals surface area contributed by atoms with Gasteiger partial charge in [-0.1, -0.05) is 48.0 Å². The molecule has 28 heavy (non-hydrogen) atoms. The summed E-state index contributed by atoms with van der Waals surface area (Å²) in [5.41, 5.74) is 5.41. The van der Waals surface area contributed by atoms with Gasteiger partial charge in [0, 0.05) is 6.21 Å². The van der Waals surface area contributed by atoms with Crippen LogP contribution in [0.1, 0.15) is 29.2 Å². The van der Waals surface area contributed by atoms with E-state index in [4.69, 9.17) is 9.47 Å². The second-order valence-corrected chi connectivity index (χ2v) is 7.44. The summed E-state index contributed by atoms with van der Waals surface area (Å²) in [6.07, 6.45) is 1.85. The van der Waals surface area contributed by atoms with E-state index in [1.54, 1.807) is 0 Å². The minimum absolute atomic E-state index is 0.482. The third-order valence-corrected chi connectivity index (χ3v) is 4.85. The van der Waals surface area contributed by atoms with Crippen molar-refractivity contribution < 1.29 is 9.47 Å². The van der Waals surface area contributed by atoms with E-state index in [1.807, 2.05) is 61.7 Å². The highest BCUT2D eigenvalue weighted by Crippen LogP contribution is 2.37. The van der Waals surface area contributed by atoms with Crippen molar-refractivity contribution in [2.24, 2.45) is 4.99 Å². The summed E-state index contributed by atoms with van der Waals surface area (Å²) < 4.78 is 12.7. The van der Waals surface area contributed by atoms with Crippen molar-refractivity contribution in [2.75, 3.05) is 6.61 Å². The van der Waals surface area contributed by atoms with Crippen LogP contribution in [-0.4, -0.2) is 12.8 Å². The maximum Gasteiger partial charge on any atom is 0.175 e. The van der Waals surface area contributed by atoms with Crippen molar-refractivity contribution in [3.05, 3.63) is 87.4 Å². The van der Waals surface area contributed by atoms with Crippen LogP contribution in [-0.2, 0) is 6.61 Å². The maximum absolute atomic E-state index is 6.04. The predicted octanol–water partition coefficient (Wildman–Crippen LogP) is 6.79. The topological polar surface area (TPSA) is 30.8 Å². The number of benzene rings is 3. The van der Waals surface area contributed by atoms with E-state index in [0.29, 0.717) is 24.7 Å². The molecule has 0 saturated carbocycles. The molecule has 0 aromatic heterocycles. The Morgan fingerprint density at radius 2 is 1.75 bits per heavy atom. The van der Waals surface area contributed by atoms with E-state index in [-0.39, 0.29) is 0 Å². The Morgan fingerprint density at radius 1 is 0.964 bits per heavy atom. The molecule has 3 aromatic carbocycles. The molecule has 3 rings (SSSR count). The molecule has 3 nitrogen and oxygen atoms in total. The quantitative estimate of drug-likeness (QED) is 0.380. The SMILES string of the molecule is CCOc1cc(C=Nc2ccc(C)cc2C)cc(Br)c1OCc1ccccc1. The zero-order valence-electron chi connectivity index (χ0n) is 16.4. The van der Waals surface area contributed by atoms with Crippen LogP contribution in [0.5, 0.6) is 11.5 Å². The molecule has 4 heteroatoms. The van der Waals surface area contributed by atoms with Gasteiger partial charge in [0.05, 0.1) is 16.8 Å². The molecule has 0 aliphatic rings. The Kier molecular flexibility index (Phi) is 6.88. The first kappa shape index (κ1) is 20.2. The molecule has 0 heterocycles. The number of rotatable bonds is 7. The highest BCUT2D eigenvalue weighted by atomic mass is 79.9. The third kappa shape index (κ3) is 5.23. The summed E-state index contributed by atoms with van der Waals surface area (Å²) in [7, 11) is 0. The fraction of sp³-hybridized carbons (Fsp3) is 0.208. The van der Waals surface area contributed by atoms with Crippen molar-refractivity contribution in [1.29, 1.82) is 0 Å². The van der Waals surface area contributed by atoms with Crippen LogP contribution in [0.15, 0.2) is 70.1 Å². The van der Waals surface area contributed by atoms with Crippen LogP contribution >= 0.6 is 15.9 Å². The molecule has 0 atom stereocenters. The molecule has 0 amide bonds. The molecule has 0 aliphatic carbocycles. The molecule has 3 aromatic rings. The average molecular weight is 438 g/mol. The Morgan fingerprint density at radius 3 is 2.46 bits per heavy atom. The zero-order chi connectivity index (χ0) is 19.9. The number of ether oxygens (including phenoxy) is 2. The molecule has 0 spiro atoms.